The number of carboxylic acids is 1. The van der Waals surface area contributed by atoms with Gasteiger partial charge in [0.2, 0.25) is 0 Å². The number of nitrogens with zero attached hydrogens (tertiary/aromatic N) is 3. The van der Waals surface area contributed by atoms with Crippen LogP contribution in [0, 0.1) is 11.3 Å². The molecule has 5 nitrogen and oxygen atoms in total. The van der Waals surface area contributed by atoms with Gasteiger partial charge in [0.25, 0.3) is 0 Å². The molecule has 5 heteroatoms. The minimum absolute atomic E-state index is 0.215. The van der Waals surface area contributed by atoms with Crippen molar-refractivity contribution in [2.45, 2.75) is 0 Å². The molecule has 1 heterocycles. The second kappa shape index (κ2) is 6.70. The van der Waals surface area contributed by atoms with Gasteiger partial charge in [-0.1, -0.05) is 42.5 Å². The van der Waals surface area contributed by atoms with Crippen LogP contribution < -0.4 is 0 Å². The predicted molar refractivity (Wildman–Crippen MR) is 102 cm³/mol. The number of aromatic nitrogens is 2. The third-order valence-electron chi connectivity index (χ3n) is 4.28. The Balaban J connectivity index is 1.90. The molecule has 0 radical (unpaired) electrons. The summed E-state index contributed by atoms with van der Waals surface area (Å²) < 4.78 is 0. The van der Waals surface area contributed by atoms with Crippen molar-refractivity contribution in [3.63, 3.8) is 0 Å². The van der Waals surface area contributed by atoms with Crippen molar-refractivity contribution in [1.82, 2.24) is 9.97 Å². The van der Waals surface area contributed by atoms with Gasteiger partial charge in [0.1, 0.15) is 0 Å². The lowest BCUT2D eigenvalue weighted by molar-refractivity contribution is 0.0697. The molecule has 0 aliphatic carbocycles. The van der Waals surface area contributed by atoms with Crippen molar-refractivity contribution in [2.75, 3.05) is 0 Å². The molecule has 27 heavy (non-hydrogen) atoms. The highest BCUT2D eigenvalue weighted by Gasteiger charge is 2.12. The predicted octanol–water partition coefficient (Wildman–Crippen LogP) is 4.53. The van der Waals surface area contributed by atoms with Crippen LogP contribution >= 0.6 is 0 Å². The zero-order valence-electron chi connectivity index (χ0n) is 14.1. The molecule has 0 amide bonds. The van der Waals surface area contributed by atoms with Gasteiger partial charge in [-0.25, -0.2) is 14.8 Å². The van der Waals surface area contributed by atoms with E-state index in [0.717, 1.165) is 27.7 Å². The number of benzene rings is 3. The van der Waals surface area contributed by atoms with Gasteiger partial charge >= 0.3 is 5.97 Å². The molecule has 0 fully saturated rings. The SMILES string of the molecule is N#Cc1ccc(-c2nc(-c3ccc(C(=O)O)cc3)nc3ccccc23)cc1. The van der Waals surface area contributed by atoms with Gasteiger partial charge in [0, 0.05) is 16.5 Å². The van der Waals surface area contributed by atoms with Gasteiger partial charge < -0.3 is 5.11 Å². The molecule has 0 saturated heterocycles. The Morgan fingerprint density at radius 1 is 0.852 bits per heavy atom. The van der Waals surface area contributed by atoms with Crippen LogP contribution in [0.25, 0.3) is 33.5 Å². The molecule has 0 aliphatic rings. The third-order valence-corrected chi connectivity index (χ3v) is 4.28. The number of fused-ring (bicyclic) bond motifs is 1. The molecule has 1 N–H and O–H groups in total. The average Bonchev–Trinajstić information content (AvgIpc) is 2.73. The molecule has 4 rings (SSSR count). The van der Waals surface area contributed by atoms with Crippen LogP contribution in [0.2, 0.25) is 0 Å². The summed E-state index contributed by atoms with van der Waals surface area (Å²) in [6.45, 7) is 0. The van der Waals surface area contributed by atoms with E-state index in [1.54, 1.807) is 24.3 Å². The summed E-state index contributed by atoms with van der Waals surface area (Å²) in [7, 11) is 0. The largest absolute Gasteiger partial charge is 0.478 e. The summed E-state index contributed by atoms with van der Waals surface area (Å²) in [4.78, 5) is 20.4. The van der Waals surface area contributed by atoms with Gasteiger partial charge in [-0.05, 0) is 30.3 Å². The second-order valence-corrected chi connectivity index (χ2v) is 5.98. The number of para-hydroxylation sites is 1. The summed E-state index contributed by atoms with van der Waals surface area (Å²) in [5.41, 5.74) is 3.98. The summed E-state index contributed by atoms with van der Waals surface area (Å²) >= 11 is 0. The van der Waals surface area contributed by atoms with Crippen LogP contribution in [0.15, 0.2) is 72.8 Å². The maximum atomic E-state index is 11.1. The minimum atomic E-state index is -0.973. The second-order valence-electron chi connectivity index (χ2n) is 5.98. The lowest BCUT2D eigenvalue weighted by Crippen LogP contribution is -1.97. The molecule has 0 bridgehead atoms. The van der Waals surface area contributed by atoms with Crippen LogP contribution in [-0.2, 0) is 0 Å². The first-order chi connectivity index (χ1) is 13.2. The smallest absolute Gasteiger partial charge is 0.335 e. The number of carbonyl (C=O) groups is 1. The number of hydrogen-bond acceptors (Lipinski definition) is 4. The molecule has 0 unspecified atom stereocenters. The lowest BCUT2D eigenvalue weighted by atomic mass is 10.0. The van der Waals surface area contributed by atoms with E-state index in [9.17, 15) is 4.79 Å². The van der Waals surface area contributed by atoms with Crippen LogP contribution in [0.1, 0.15) is 15.9 Å². The van der Waals surface area contributed by atoms with Gasteiger partial charge in [0.05, 0.1) is 28.4 Å². The van der Waals surface area contributed by atoms with Crippen molar-refractivity contribution in [1.29, 1.82) is 5.26 Å². The fourth-order valence-electron chi connectivity index (χ4n) is 2.89. The van der Waals surface area contributed by atoms with E-state index in [1.807, 2.05) is 36.4 Å². The highest BCUT2D eigenvalue weighted by molar-refractivity contribution is 5.94. The molecule has 0 spiro atoms. The Labute approximate surface area is 155 Å². The number of hydrogen-bond donors (Lipinski definition) is 1. The molecule has 0 saturated carbocycles. The van der Waals surface area contributed by atoms with Gasteiger partial charge in [-0.15, -0.1) is 0 Å². The Morgan fingerprint density at radius 3 is 2.19 bits per heavy atom. The normalized spacial score (nSPS) is 10.5. The van der Waals surface area contributed by atoms with Crippen molar-refractivity contribution >= 4 is 16.9 Å². The van der Waals surface area contributed by atoms with E-state index in [4.69, 9.17) is 15.4 Å². The summed E-state index contributed by atoms with van der Waals surface area (Å²) in [6.07, 6.45) is 0. The molecule has 3 aromatic carbocycles. The first kappa shape index (κ1) is 16.4. The van der Waals surface area contributed by atoms with E-state index < -0.39 is 5.97 Å². The van der Waals surface area contributed by atoms with Crippen LogP contribution in [0.5, 0.6) is 0 Å². The lowest BCUT2D eigenvalue weighted by Gasteiger charge is -2.09. The Hall–Kier alpha value is -4.04. The highest BCUT2D eigenvalue weighted by atomic mass is 16.4. The number of rotatable bonds is 3. The summed E-state index contributed by atoms with van der Waals surface area (Å²) in [5, 5.41) is 19.0. The quantitative estimate of drug-likeness (QED) is 0.586. The molecule has 0 atom stereocenters. The Kier molecular flexibility index (Phi) is 4.07. The monoisotopic (exact) mass is 351 g/mol. The van der Waals surface area contributed by atoms with Gasteiger partial charge in [-0.3, -0.25) is 0 Å². The van der Waals surface area contributed by atoms with Crippen molar-refractivity contribution < 1.29 is 9.90 Å². The fraction of sp³-hybridized carbons (Fsp3) is 0. The maximum Gasteiger partial charge on any atom is 0.335 e. The van der Waals surface area contributed by atoms with E-state index in [0.29, 0.717) is 11.4 Å². The topological polar surface area (TPSA) is 86.9 Å². The van der Waals surface area contributed by atoms with Crippen LogP contribution in [-0.4, -0.2) is 21.0 Å². The summed E-state index contributed by atoms with van der Waals surface area (Å²) in [6, 6.07) is 23.6. The zero-order valence-corrected chi connectivity index (χ0v) is 14.1. The van der Waals surface area contributed by atoms with E-state index in [2.05, 4.69) is 11.1 Å². The molecule has 1 aromatic heterocycles. The van der Waals surface area contributed by atoms with Gasteiger partial charge in [-0.2, -0.15) is 5.26 Å². The number of nitriles is 1. The average molecular weight is 351 g/mol. The van der Waals surface area contributed by atoms with Crippen molar-refractivity contribution in [3.05, 3.63) is 83.9 Å². The van der Waals surface area contributed by atoms with E-state index in [-0.39, 0.29) is 5.56 Å². The van der Waals surface area contributed by atoms with Crippen molar-refractivity contribution in [2.24, 2.45) is 0 Å². The molecule has 0 aliphatic heterocycles. The first-order valence-electron chi connectivity index (χ1n) is 8.27. The van der Waals surface area contributed by atoms with E-state index >= 15 is 0 Å². The van der Waals surface area contributed by atoms with Gasteiger partial charge in [0.15, 0.2) is 5.82 Å². The Bertz CT molecular complexity index is 1190. The third kappa shape index (κ3) is 3.12. The highest BCUT2D eigenvalue weighted by Crippen LogP contribution is 2.29. The fourth-order valence-corrected chi connectivity index (χ4v) is 2.89. The van der Waals surface area contributed by atoms with E-state index in [1.165, 1.54) is 12.1 Å². The van der Waals surface area contributed by atoms with Crippen molar-refractivity contribution in [3.8, 4) is 28.7 Å². The Morgan fingerprint density at radius 2 is 1.52 bits per heavy atom. The molecular formula is C22H13N3O2. The summed E-state index contributed by atoms with van der Waals surface area (Å²) in [5.74, 6) is -0.454. The molecule has 4 aromatic rings. The first-order valence-corrected chi connectivity index (χ1v) is 8.27. The van der Waals surface area contributed by atoms with Crippen LogP contribution in [0.4, 0.5) is 0 Å². The number of aromatic carboxylic acids is 1. The van der Waals surface area contributed by atoms with Crippen LogP contribution in [0.3, 0.4) is 0 Å². The number of carboxylic acid groups (broad SMARTS) is 1. The minimum Gasteiger partial charge on any atom is -0.478 e. The zero-order chi connectivity index (χ0) is 18.8. The standard InChI is InChI=1S/C22H13N3O2/c23-13-14-5-7-15(8-6-14)20-18-3-1-2-4-19(18)24-21(25-20)16-9-11-17(12-10-16)22(26)27/h1-12H,(H,26,27). The molecular weight excluding hydrogens is 338 g/mol. The maximum absolute atomic E-state index is 11.1. The molecule has 128 valence electrons.